The molecular formula is C13H12BrFN2. The zero-order chi connectivity index (χ0) is 12.4. The molecule has 1 aromatic heterocycles. The first-order valence-corrected chi connectivity index (χ1v) is 6.01. The monoisotopic (exact) mass is 294 g/mol. The number of pyridine rings is 1. The number of benzene rings is 1. The maximum absolute atomic E-state index is 13.2. The molecule has 0 saturated carbocycles. The van der Waals surface area contributed by atoms with Gasteiger partial charge >= 0.3 is 0 Å². The minimum absolute atomic E-state index is 0.284. The first-order valence-electron chi connectivity index (χ1n) is 5.21. The molecule has 0 amide bonds. The molecule has 2 nitrogen and oxygen atoms in total. The number of halogens is 2. The lowest BCUT2D eigenvalue weighted by Gasteiger charge is -2.15. The summed E-state index contributed by atoms with van der Waals surface area (Å²) >= 11 is 3.40. The predicted octanol–water partition coefficient (Wildman–Crippen LogP) is 3.34. The van der Waals surface area contributed by atoms with Crippen molar-refractivity contribution < 1.29 is 4.39 Å². The molecule has 0 aliphatic carbocycles. The highest BCUT2D eigenvalue weighted by Gasteiger charge is 2.15. The van der Waals surface area contributed by atoms with E-state index in [0.29, 0.717) is 5.69 Å². The van der Waals surface area contributed by atoms with Gasteiger partial charge in [0.05, 0.1) is 11.7 Å². The standard InChI is InChI=1S/C13H12BrFN2/c1-8-4-5-9(15)7-10(8)12(16)13-11(14)3-2-6-17-13/h2-7,12H,16H2,1H3. The van der Waals surface area contributed by atoms with Crippen LogP contribution in [-0.4, -0.2) is 4.98 Å². The molecule has 0 aliphatic rings. The van der Waals surface area contributed by atoms with E-state index in [1.807, 2.05) is 19.1 Å². The Hall–Kier alpha value is -1.26. The number of nitrogens with two attached hydrogens (primary N) is 1. The Kier molecular flexibility index (Phi) is 3.54. The second-order valence-electron chi connectivity index (χ2n) is 3.85. The van der Waals surface area contributed by atoms with E-state index in [9.17, 15) is 4.39 Å². The summed E-state index contributed by atoms with van der Waals surface area (Å²) in [6.07, 6.45) is 1.68. The highest BCUT2D eigenvalue weighted by atomic mass is 79.9. The lowest BCUT2D eigenvalue weighted by atomic mass is 9.99. The second-order valence-corrected chi connectivity index (χ2v) is 4.70. The molecular weight excluding hydrogens is 283 g/mol. The zero-order valence-electron chi connectivity index (χ0n) is 9.32. The summed E-state index contributed by atoms with van der Waals surface area (Å²) < 4.78 is 14.1. The summed E-state index contributed by atoms with van der Waals surface area (Å²) in [7, 11) is 0. The lowest BCUT2D eigenvalue weighted by molar-refractivity contribution is 0.622. The molecule has 0 aliphatic heterocycles. The van der Waals surface area contributed by atoms with Crippen molar-refractivity contribution in [1.82, 2.24) is 4.98 Å². The van der Waals surface area contributed by atoms with Gasteiger partial charge in [0, 0.05) is 10.7 Å². The Morgan fingerprint density at radius 1 is 1.35 bits per heavy atom. The number of aromatic nitrogens is 1. The fourth-order valence-electron chi connectivity index (χ4n) is 1.72. The van der Waals surface area contributed by atoms with E-state index in [0.717, 1.165) is 15.6 Å². The molecule has 1 atom stereocenters. The average molecular weight is 295 g/mol. The average Bonchev–Trinajstić information content (AvgIpc) is 2.32. The van der Waals surface area contributed by atoms with E-state index in [4.69, 9.17) is 5.73 Å². The second kappa shape index (κ2) is 4.94. The van der Waals surface area contributed by atoms with Crippen molar-refractivity contribution in [3.63, 3.8) is 0 Å². The largest absolute Gasteiger partial charge is 0.319 e. The van der Waals surface area contributed by atoms with Crippen LogP contribution in [0.4, 0.5) is 4.39 Å². The van der Waals surface area contributed by atoms with Gasteiger partial charge in [0.15, 0.2) is 0 Å². The molecule has 1 aromatic carbocycles. The molecule has 17 heavy (non-hydrogen) atoms. The number of hydrogen-bond acceptors (Lipinski definition) is 2. The highest BCUT2D eigenvalue weighted by Crippen LogP contribution is 2.26. The van der Waals surface area contributed by atoms with Crippen LogP contribution >= 0.6 is 15.9 Å². The maximum Gasteiger partial charge on any atom is 0.123 e. The third kappa shape index (κ3) is 2.53. The van der Waals surface area contributed by atoms with Crippen LogP contribution in [-0.2, 0) is 0 Å². The highest BCUT2D eigenvalue weighted by molar-refractivity contribution is 9.10. The molecule has 1 unspecified atom stereocenters. The van der Waals surface area contributed by atoms with E-state index in [1.54, 1.807) is 12.3 Å². The number of aryl methyl sites for hydroxylation is 1. The van der Waals surface area contributed by atoms with Crippen LogP contribution in [0.3, 0.4) is 0 Å². The Morgan fingerprint density at radius 2 is 2.12 bits per heavy atom. The van der Waals surface area contributed by atoms with Gasteiger partial charge in [-0.05, 0) is 58.2 Å². The predicted molar refractivity (Wildman–Crippen MR) is 69.1 cm³/mol. The van der Waals surface area contributed by atoms with Gasteiger partial charge in [0.1, 0.15) is 5.82 Å². The van der Waals surface area contributed by atoms with Gasteiger partial charge in [-0.3, -0.25) is 4.98 Å². The van der Waals surface area contributed by atoms with Gasteiger partial charge in [-0.15, -0.1) is 0 Å². The normalized spacial score (nSPS) is 12.5. The molecule has 0 radical (unpaired) electrons. The minimum Gasteiger partial charge on any atom is -0.319 e. The molecule has 2 rings (SSSR count). The van der Waals surface area contributed by atoms with Crippen LogP contribution in [0.25, 0.3) is 0 Å². The van der Waals surface area contributed by atoms with Crippen LogP contribution in [0.2, 0.25) is 0 Å². The molecule has 88 valence electrons. The number of nitrogens with zero attached hydrogens (tertiary/aromatic N) is 1. The molecule has 0 saturated heterocycles. The van der Waals surface area contributed by atoms with Gasteiger partial charge in [0.25, 0.3) is 0 Å². The zero-order valence-corrected chi connectivity index (χ0v) is 10.9. The van der Waals surface area contributed by atoms with Crippen molar-refractivity contribution in [3.8, 4) is 0 Å². The Bertz CT molecular complexity index is 543. The molecule has 0 spiro atoms. The van der Waals surface area contributed by atoms with Crippen LogP contribution < -0.4 is 5.73 Å². The number of rotatable bonds is 2. The van der Waals surface area contributed by atoms with Gasteiger partial charge in [0.2, 0.25) is 0 Å². The molecule has 2 N–H and O–H groups in total. The Morgan fingerprint density at radius 3 is 2.82 bits per heavy atom. The third-order valence-corrected chi connectivity index (χ3v) is 3.33. The molecule has 0 fully saturated rings. The van der Waals surface area contributed by atoms with Crippen LogP contribution in [0, 0.1) is 12.7 Å². The molecule has 0 bridgehead atoms. The minimum atomic E-state index is -0.429. The fourth-order valence-corrected chi connectivity index (χ4v) is 2.22. The van der Waals surface area contributed by atoms with Crippen molar-refractivity contribution >= 4 is 15.9 Å². The molecule has 4 heteroatoms. The Balaban J connectivity index is 2.47. The van der Waals surface area contributed by atoms with Crippen LogP contribution in [0.1, 0.15) is 22.9 Å². The topological polar surface area (TPSA) is 38.9 Å². The van der Waals surface area contributed by atoms with Crippen molar-refractivity contribution in [2.24, 2.45) is 5.73 Å². The number of hydrogen-bond donors (Lipinski definition) is 1. The molecule has 2 aromatic rings. The van der Waals surface area contributed by atoms with Crippen LogP contribution in [0.5, 0.6) is 0 Å². The summed E-state index contributed by atoms with van der Waals surface area (Å²) in [4.78, 5) is 4.23. The van der Waals surface area contributed by atoms with Crippen LogP contribution in [0.15, 0.2) is 41.0 Å². The van der Waals surface area contributed by atoms with Gasteiger partial charge in [-0.2, -0.15) is 0 Å². The van der Waals surface area contributed by atoms with Gasteiger partial charge in [-0.1, -0.05) is 6.07 Å². The first-order chi connectivity index (χ1) is 8.09. The van der Waals surface area contributed by atoms with Gasteiger partial charge < -0.3 is 5.73 Å². The van der Waals surface area contributed by atoms with E-state index < -0.39 is 6.04 Å². The summed E-state index contributed by atoms with van der Waals surface area (Å²) in [6, 6.07) is 7.87. The van der Waals surface area contributed by atoms with Crippen molar-refractivity contribution in [2.75, 3.05) is 0 Å². The van der Waals surface area contributed by atoms with Crippen molar-refractivity contribution in [3.05, 3.63) is 63.6 Å². The van der Waals surface area contributed by atoms with E-state index in [1.165, 1.54) is 12.1 Å². The maximum atomic E-state index is 13.2. The summed E-state index contributed by atoms with van der Waals surface area (Å²) in [5.41, 5.74) is 8.55. The summed E-state index contributed by atoms with van der Waals surface area (Å²) in [5, 5.41) is 0. The van der Waals surface area contributed by atoms with E-state index in [2.05, 4.69) is 20.9 Å². The first kappa shape index (κ1) is 12.2. The smallest absolute Gasteiger partial charge is 0.123 e. The van der Waals surface area contributed by atoms with E-state index in [-0.39, 0.29) is 5.82 Å². The van der Waals surface area contributed by atoms with Crippen molar-refractivity contribution in [1.29, 1.82) is 0 Å². The van der Waals surface area contributed by atoms with E-state index >= 15 is 0 Å². The van der Waals surface area contributed by atoms with Gasteiger partial charge in [-0.25, -0.2) is 4.39 Å². The quantitative estimate of drug-likeness (QED) is 0.923. The molecule has 1 heterocycles. The lowest BCUT2D eigenvalue weighted by Crippen LogP contribution is -2.15. The third-order valence-electron chi connectivity index (χ3n) is 2.66. The summed E-state index contributed by atoms with van der Waals surface area (Å²) in [5.74, 6) is -0.284. The summed E-state index contributed by atoms with van der Waals surface area (Å²) in [6.45, 7) is 1.91. The Labute approximate surface area is 108 Å². The SMILES string of the molecule is Cc1ccc(F)cc1C(N)c1ncccc1Br. The van der Waals surface area contributed by atoms with Crippen molar-refractivity contribution in [2.45, 2.75) is 13.0 Å². The fraction of sp³-hybridized carbons (Fsp3) is 0.154.